The second kappa shape index (κ2) is 8.03. The van der Waals surface area contributed by atoms with E-state index in [2.05, 4.69) is 4.74 Å². The van der Waals surface area contributed by atoms with Crippen molar-refractivity contribution >= 4 is 27.7 Å². The van der Waals surface area contributed by atoms with Crippen LogP contribution in [0.2, 0.25) is 0 Å². The highest BCUT2D eigenvalue weighted by Gasteiger charge is 2.39. The molecule has 32 heavy (non-hydrogen) atoms. The normalized spacial score (nSPS) is 12.7. The number of benzene rings is 3. The number of alkyl halides is 3. The maximum absolute atomic E-state index is 14.0. The zero-order valence-corrected chi connectivity index (χ0v) is 17.0. The Morgan fingerprint density at radius 3 is 2.44 bits per heavy atom. The van der Waals surface area contributed by atoms with Gasteiger partial charge < -0.3 is 13.9 Å². The number of carbonyl (C=O) groups excluding carboxylic acids is 1. The molecule has 0 saturated carbocycles. The number of halogens is 3. The molecule has 4 rings (SSSR count). The van der Waals surface area contributed by atoms with E-state index in [9.17, 15) is 22.8 Å². The van der Waals surface area contributed by atoms with Crippen molar-refractivity contribution in [2.45, 2.75) is 19.2 Å². The summed E-state index contributed by atoms with van der Waals surface area (Å²) in [6.07, 6.45) is -5.92. The summed E-state index contributed by atoms with van der Waals surface area (Å²) in [5, 5.41) is 1.15. The predicted molar refractivity (Wildman–Crippen MR) is 113 cm³/mol. The van der Waals surface area contributed by atoms with Crippen LogP contribution in [0.5, 0.6) is 5.75 Å². The summed E-state index contributed by atoms with van der Waals surface area (Å²) in [6.45, 7) is 1.43. The minimum absolute atomic E-state index is 0.0426. The van der Waals surface area contributed by atoms with E-state index in [0.29, 0.717) is 10.8 Å². The lowest BCUT2D eigenvalue weighted by molar-refractivity contribution is -0.152. The van der Waals surface area contributed by atoms with Gasteiger partial charge in [0.2, 0.25) is 11.2 Å². The van der Waals surface area contributed by atoms with Crippen molar-refractivity contribution in [3.63, 3.8) is 0 Å². The summed E-state index contributed by atoms with van der Waals surface area (Å²) in [7, 11) is 1.19. The summed E-state index contributed by atoms with van der Waals surface area (Å²) < 4.78 is 57.1. The van der Waals surface area contributed by atoms with E-state index in [0.717, 1.165) is 6.07 Å². The smallest absolute Gasteiger partial charge is 0.450 e. The van der Waals surface area contributed by atoms with E-state index >= 15 is 0 Å². The van der Waals surface area contributed by atoms with E-state index in [1.165, 1.54) is 32.2 Å². The third kappa shape index (κ3) is 3.79. The molecule has 0 N–H and O–H groups in total. The molecule has 0 aliphatic rings. The minimum atomic E-state index is -4.92. The Morgan fingerprint density at radius 1 is 1.00 bits per heavy atom. The van der Waals surface area contributed by atoms with E-state index in [1.807, 2.05) is 0 Å². The highest BCUT2D eigenvalue weighted by molar-refractivity contribution is 5.98. The van der Waals surface area contributed by atoms with Crippen LogP contribution in [0.3, 0.4) is 0 Å². The molecule has 5 nitrogen and oxygen atoms in total. The first-order valence-corrected chi connectivity index (χ1v) is 9.61. The number of hydrogen-bond acceptors (Lipinski definition) is 5. The summed E-state index contributed by atoms with van der Waals surface area (Å²) in [4.78, 5) is 24.8. The number of hydrogen-bond donors (Lipinski definition) is 0. The van der Waals surface area contributed by atoms with Gasteiger partial charge in [0, 0.05) is 6.07 Å². The van der Waals surface area contributed by atoms with Crippen molar-refractivity contribution in [1.29, 1.82) is 0 Å². The van der Waals surface area contributed by atoms with Gasteiger partial charge >= 0.3 is 12.1 Å². The maximum atomic E-state index is 14.0. The van der Waals surface area contributed by atoms with Gasteiger partial charge in [-0.3, -0.25) is 4.79 Å². The number of rotatable bonds is 4. The minimum Gasteiger partial charge on any atom is -0.479 e. The van der Waals surface area contributed by atoms with Crippen LogP contribution >= 0.6 is 0 Å². The van der Waals surface area contributed by atoms with Crippen LogP contribution in [0.25, 0.3) is 32.9 Å². The van der Waals surface area contributed by atoms with Gasteiger partial charge in [0.1, 0.15) is 11.3 Å². The molecule has 0 saturated heterocycles. The summed E-state index contributed by atoms with van der Waals surface area (Å²) in [5.74, 6) is -2.00. The zero-order valence-electron chi connectivity index (χ0n) is 17.0. The second-order valence-corrected chi connectivity index (χ2v) is 7.10. The first-order valence-electron chi connectivity index (χ1n) is 9.61. The lowest BCUT2D eigenvalue weighted by atomic mass is 9.96. The fraction of sp³-hybridized carbons (Fsp3) is 0.167. The second-order valence-electron chi connectivity index (χ2n) is 7.10. The van der Waals surface area contributed by atoms with Crippen LogP contribution in [0.1, 0.15) is 12.7 Å². The van der Waals surface area contributed by atoms with E-state index in [1.54, 1.807) is 36.4 Å². The molecule has 1 atom stereocenters. The molecule has 0 bridgehead atoms. The third-order valence-corrected chi connectivity index (χ3v) is 5.03. The van der Waals surface area contributed by atoms with Crippen LogP contribution in [0.4, 0.5) is 13.2 Å². The molecule has 0 aliphatic heterocycles. The van der Waals surface area contributed by atoms with Crippen molar-refractivity contribution < 1.29 is 31.9 Å². The topological polar surface area (TPSA) is 65.7 Å². The molecule has 8 heteroatoms. The quantitative estimate of drug-likeness (QED) is 0.387. The molecular formula is C24H17F3O5. The number of ether oxygens (including phenoxy) is 2. The standard InChI is InChI=1S/C24H17F3O5/c1-13(23(29)30-2)31-15-10-11-18-19(12-15)32-22(24(25,26)27)20(21(18)28)17-9-5-7-14-6-3-4-8-16(14)17/h3-13H,1-2H3/t13-/m0/s1. The average Bonchev–Trinajstić information content (AvgIpc) is 2.77. The van der Waals surface area contributed by atoms with E-state index in [4.69, 9.17) is 9.15 Å². The first kappa shape index (κ1) is 21.4. The van der Waals surface area contributed by atoms with Crippen LogP contribution in [-0.2, 0) is 15.7 Å². The van der Waals surface area contributed by atoms with Gasteiger partial charge in [-0.05, 0) is 35.4 Å². The molecule has 0 amide bonds. The van der Waals surface area contributed by atoms with Gasteiger partial charge in [0.05, 0.1) is 18.1 Å². The maximum Gasteiger partial charge on any atom is 0.450 e. The summed E-state index contributed by atoms with van der Waals surface area (Å²) >= 11 is 0. The van der Waals surface area contributed by atoms with Gasteiger partial charge in [0.15, 0.2) is 6.10 Å². The molecule has 0 spiro atoms. The van der Waals surface area contributed by atoms with Gasteiger partial charge in [0.25, 0.3) is 0 Å². The van der Waals surface area contributed by atoms with E-state index in [-0.39, 0.29) is 22.3 Å². The van der Waals surface area contributed by atoms with Gasteiger partial charge in [-0.15, -0.1) is 0 Å². The summed E-state index contributed by atoms with van der Waals surface area (Å²) in [6, 6.07) is 15.5. The lowest BCUT2D eigenvalue weighted by Gasteiger charge is -2.16. The van der Waals surface area contributed by atoms with Crippen molar-refractivity contribution in [3.8, 4) is 16.9 Å². The van der Waals surface area contributed by atoms with Gasteiger partial charge in [-0.25, -0.2) is 4.79 Å². The Kier molecular flexibility index (Phi) is 5.38. The zero-order chi connectivity index (χ0) is 23.0. The molecule has 0 unspecified atom stereocenters. The molecule has 1 aromatic heterocycles. The van der Waals surface area contributed by atoms with Crippen LogP contribution < -0.4 is 10.2 Å². The van der Waals surface area contributed by atoms with Gasteiger partial charge in [-0.2, -0.15) is 13.2 Å². The molecular weight excluding hydrogens is 425 g/mol. The van der Waals surface area contributed by atoms with Crippen LogP contribution in [0, 0.1) is 0 Å². The fourth-order valence-corrected chi connectivity index (χ4v) is 3.55. The third-order valence-electron chi connectivity index (χ3n) is 5.03. The number of esters is 1. The number of carbonyl (C=O) groups is 1. The van der Waals surface area contributed by atoms with E-state index < -0.39 is 35.0 Å². The van der Waals surface area contributed by atoms with Crippen molar-refractivity contribution in [2.24, 2.45) is 0 Å². The highest BCUT2D eigenvalue weighted by Crippen LogP contribution is 2.39. The molecule has 164 valence electrons. The van der Waals surface area contributed by atoms with Crippen molar-refractivity contribution in [3.05, 3.63) is 76.6 Å². The Balaban J connectivity index is 1.96. The number of methoxy groups -OCH3 is 1. The lowest BCUT2D eigenvalue weighted by Crippen LogP contribution is -2.24. The Labute approximate surface area is 180 Å². The largest absolute Gasteiger partial charge is 0.479 e. The van der Waals surface area contributed by atoms with Crippen molar-refractivity contribution in [1.82, 2.24) is 0 Å². The fourth-order valence-electron chi connectivity index (χ4n) is 3.55. The van der Waals surface area contributed by atoms with Crippen molar-refractivity contribution in [2.75, 3.05) is 7.11 Å². The average molecular weight is 442 g/mol. The predicted octanol–water partition coefficient (Wildman–Crippen LogP) is 5.57. The Hall–Kier alpha value is -3.81. The highest BCUT2D eigenvalue weighted by atomic mass is 19.4. The first-order chi connectivity index (χ1) is 15.2. The molecule has 0 fully saturated rings. The molecule has 0 radical (unpaired) electrons. The molecule has 0 aliphatic carbocycles. The van der Waals surface area contributed by atoms with Crippen LogP contribution in [-0.4, -0.2) is 19.2 Å². The Bertz CT molecular complexity index is 1380. The molecule has 1 heterocycles. The molecule has 4 aromatic rings. The SMILES string of the molecule is COC(=O)[C@H](C)Oc1ccc2c(=O)c(-c3cccc4ccccc34)c(C(F)(F)F)oc2c1. The Morgan fingerprint density at radius 2 is 1.72 bits per heavy atom. The molecule has 3 aromatic carbocycles. The van der Waals surface area contributed by atoms with Crippen LogP contribution in [0.15, 0.2) is 69.9 Å². The monoisotopic (exact) mass is 442 g/mol. The number of fused-ring (bicyclic) bond motifs is 2. The van der Waals surface area contributed by atoms with Gasteiger partial charge in [-0.1, -0.05) is 42.5 Å². The summed E-state index contributed by atoms with van der Waals surface area (Å²) in [5.41, 5.74) is -1.55.